The van der Waals surface area contributed by atoms with Crippen molar-refractivity contribution in [3.05, 3.63) is 0 Å². The molecule has 0 aromatic carbocycles. The van der Waals surface area contributed by atoms with E-state index in [0.717, 1.165) is 47.3 Å². The van der Waals surface area contributed by atoms with Crippen LogP contribution in [0.5, 0.6) is 0 Å². The molecule has 8 heteroatoms. The molecule has 0 saturated carbocycles. The van der Waals surface area contributed by atoms with E-state index in [9.17, 15) is 0 Å². The van der Waals surface area contributed by atoms with Gasteiger partial charge in [-0.25, -0.2) is 0 Å². The second-order valence-electron chi connectivity index (χ2n) is 29.4. The molecule has 0 aromatic heterocycles. The van der Waals surface area contributed by atoms with Gasteiger partial charge in [0.2, 0.25) is 0 Å². The lowest BCUT2D eigenvalue weighted by atomic mass is 10.0. The quantitative estimate of drug-likeness (QED) is 0.0338. The maximum Gasteiger partial charge on any atom is 0.0875 e. The largest absolute Gasteiger partial charge is 0.264 e. The average molecular weight is 1260 g/mol. The smallest absolute Gasteiger partial charge is 0.0875 e. The van der Waals surface area contributed by atoms with Gasteiger partial charge in [0.1, 0.15) is 0 Å². The second kappa shape index (κ2) is 60.3. The van der Waals surface area contributed by atoms with E-state index in [0.29, 0.717) is 21.0 Å². The van der Waals surface area contributed by atoms with E-state index in [1.807, 2.05) is 8.64 Å². The molecule has 0 radical (unpaired) electrons. The molecule has 0 spiro atoms. The molecule has 2 nitrogen and oxygen atoms in total. The third-order valence-electron chi connectivity index (χ3n) is 16.8. The van der Waals surface area contributed by atoms with Crippen molar-refractivity contribution in [1.82, 2.24) is 9.80 Å². The highest BCUT2D eigenvalue weighted by Gasteiger charge is 2.21. The molecule has 0 aromatic rings. The van der Waals surface area contributed by atoms with Crippen LogP contribution >= 0.6 is 62.2 Å². The first-order valence-corrected chi connectivity index (χ1v) is 44.6. The Labute approximate surface area is 540 Å². The Morgan fingerprint density at radius 3 is 0.549 bits per heavy atom. The van der Waals surface area contributed by atoms with Gasteiger partial charge in [-0.05, 0) is 163 Å². The van der Waals surface area contributed by atoms with Gasteiger partial charge in [-0.2, -0.15) is 21.0 Å². The Morgan fingerprint density at radius 1 is 0.220 bits per heavy atom. The van der Waals surface area contributed by atoms with Crippen molar-refractivity contribution in [3.63, 3.8) is 0 Å². The molecule has 0 atom stereocenters. The molecular weight excluding hydrogens is 1110 g/mol. The highest BCUT2D eigenvalue weighted by Crippen LogP contribution is 2.49. The van der Waals surface area contributed by atoms with Crippen LogP contribution in [0.3, 0.4) is 0 Å². The predicted octanol–water partition coefficient (Wildman–Crippen LogP) is 27.8. The fourth-order valence-electron chi connectivity index (χ4n) is 11.4. The fraction of sp³-hybridized carbons (Fsp3) is 0.973. The second-order valence-corrected chi connectivity index (χ2v) is 39.9. The van der Waals surface area contributed by atoms with Crippen molar-refractivity contribution in [3.8, 4) is 0 Å². The summed E-state index contributed by atoms with van der Waals surface area (Å²) in [4.78, 5) is 6.13. The Hall–Kier alpha value is 1.76. The first kappa shape index (κ1) is 83.8. The molecule has 0 fully saturated rings. The number of hydrogen-bond donors (Lipinski definition) is 0. The van der Waals surface area contributed by atoms with E-state index in [-0.39, 0.29) is 0 Å². The van der Waals surface area contributed by atoms with Crippen LogP contribution in [-0.4, -0.2) is 67.6 Å². The van der Waals surface area contributed by atoms with Gasteiger partial charge in [-0.15, -0.1) is 0 Å². The summed E-state index contributed by atoms with van der Waals surface area (Å²) in [6.07, 6.45) is 56.2. The van der Waals surface area contributed by atoms with Crippen LogP contribution < -0.4 is 0 Å². The fourth-order valence-corrected chi connectivity index (χ4v) is 25.7. The molecule has 0 saturated heterocycles. The Kier molecular flexibility index (Phi) is 61.6. The van der Waals surface area contributed by atoms with E-state index >= 15 is 0 Å². The topological polar surface area (TPSA) is 6.48 Å². The molecule has 0 rings (SSSR count). The van der Waals surface area contributed by atoms with E-state index in [4.69, 9.17) is 0 Å². The molecule has 0 amide bonds. The van der Waals surface area contributed by atoms with E-state index in [1.54, 1.807) is 0 Å². The highest BCUT2D eigenvalue weighted by molar-refractivity contribution is 9.29. The summed E-state index contributed by atoms with van der Waals surface area (Å²) in [5, 5.41) is 0. The summed E-state index contributed by atoms with van der Waals surface area (Å²) in [5.41, 5.74) is 0. The minimum Gasteiger partial charge on any atom is -0.264 e. The van der Waals surface area contributed by atoms with Crippen LogP contribution in [0, 0.1) is 47.3 Å². The van der Waals surface area contributed by atoms with Crippen LogP contribution in [0.2, 0.25) is 0 Å². The maximum absolute atomic E-state index is 3.06. The van der Waals surface area contributed by atoms with Gasteiger partial charge in [-0.1, -0.05) is 316 Å². The lowest BCUT2D eigenvalue weighted by Gasteiger charge is -2.29. The summed E-state index contributed by atoms with van der Waals surface area (Å²) in [7, 11) is 9.66. The molecule has 0 N–H and O–H groups in total. The molecule has 0 unspecified atom stereocenters. The summed E-state index contributed by atoms with van der Waals surface area (Å²) in [5.74, 6) is 12.3. The van der Waals surface area contributed by atoms with Gasteiger partial charge in [0.15, 0.2) is 0 Å². The minimum absolute atomic E-state index is 0.322. The SMILES string of the molecule is CC(C)CCCCCCN(CCCCCCC(C)C)C(SSSSC(N(CCCCCCC(C)C)CCCCCCC(C)C)=S(CCCCCCC(C)C)CCCCCCC(C)C)=S(CCCCCCC(C)C)CCCCCCC(C)C. The molecule has 0 aliphatic heterocycles. The van der Waals surface area contributed by atoms with Gasteiger partial charge < -0.3 is 0 Å². The number of rotatable bonds is 59. The molecule has 0 aliphatic carbocycles. The van der Waals surface area contributed by atoms with Gasteiger partial charge in [0, 0.05) is 26.2 Å². The van der Waals surface area contributed by atoms with Crippen molar-refractivity contribution in [2.45, 2.75) is 368 Å². The molecule has 0 aliphatic rings. The van der Waals surface area contributed by atoms with Gasteiger partial charge in [0.05, 0.1) is 8.64 Å². The Bertz CT molecular complexity index is 1220. The van der Waals surface area contributed by atoms with Crippen LogP contribution in [0.4, 0.5) is 0 Å². The minimum atomic E-state index is 0.322. The maximum atomic E-state index is 3.06. The zero-order valence-electron chi connectivity index (χ0n) is 58.9. The Balaban J connectivity index is 7.55. The van der Waals surface area contributed by atoms with Crippen molar-refractivity contribution >= 4 is 70.8 Å². The van der Waals surface area contributed by atoms with Crippen LogP contribution in [0.25, 0.3) is 0 Å². The van der Waals surface area contributed by atoms with Gasteiger partial charge in [0.25, 0.3) is 0 Å². The van der Waals surface area contributed by atoms with Crippen molar-refractivity contribution < 1.29 is 0 Å². The zero-order chi connectivity index (χ0) is 60.9. The van der Waals surface area contributed by atoms with Crippen molar-refractivity contribution in [1.29, 1.82) is 0 Å². The molecule has 82 heavy (non-hydrogen) atoms. The lowest BCUT2D eigenvalue weighted by Crippen LogP contribution is -2.32. The summed E-state index contributed by atoms with van der Waals surface area (Å²) >= 11 is 0. The number of unbranched alkanes of at least 4 members (excludes halogenated alkanes) is 24. The van der Waals surface area contributed by atoms with E-state index in [2.05, 4.69) is 162 Å². The van der Waals surface area contributed by atoms with Gasteiger partial charge in [-0.3, -0.25) is 9.80 Å². The van der Waals surface area contributed by atoms with E-state index < -0.39 is 0 Å². The molecule has 0 heterocycles. The summed E-state index contributed by atoms with van der Waals surface area (Å²) < 4.78 is 3.66. The normalized spacial score (nSPS) is 12.6. The highest BCUT2D eigenvalue weighted by atomic mass is 33.7. The van der Waals surface area contributed by atoms with Crippen LogP contribution in [0.1, 0.15) is 368 Å². The van der Waals surface area contributed by atoms with Crippen LogP contribution in [-0.2, 0) is 0 Å². The van der Waals surface area contributed by atoms with Crippen LogP contribution in [0.15, 0.2) is 0 Å². The Morgan fingerprint density at radius 2 is 0.378 bits per heavy atom. The third-order valence-corrected chi connectivity index (χ3v) is 29.7. The van der Waals surface area contributed by atoms with Gasteiger partial charge >= 0.3 is 0 Å². The molecular formula is C74H152N2S6. The third kappa shape index (κ3) is 57.0. The van der Waals surface area contributed by atoms with Crippen molar-refractivity contribution in [2.75, 3.05) is 49.2 Å². The number of hydrogen-bond acceptors (Lipinski definition) is 4. The molecule has 494 valence electrons. The first-order valence-electron chi connectivity index (χ1n) is 36.7. The standard InChI is InChI=1S/C74H152N2S6/c1-65(2)49-33-17-25-41-57-75(58-42-26-18-34-50-66(3)4)73(81(61-45-29-21-37-53-69(9)10)62-46-30-22-38-54-70(11)12)77-79-80-78-74(76(59-43-27-19-35-51-67(5)6)60-44-28-20-36-52-68(7)8)82(63-47-31-23-39-55-71(13)14)64-48-32-24-40-56-72(15)16/h65-72H,17-64H2,1-16H3. The zero-order valence-corrected chi connectivity index (χ0v) is 63.8. The lowest BCUT2D eigenvalue weighted by molar-refractivity contribution is 0.391. The average Bonchev–Trinajstić information content (AvgIpc) is 3.40. The molecule has 0 bridgehead atoms. The summed E-state index contributed by atoms with van der Waals surface area (Å²) in [6.45, 7) is 43.8. The predicted molar refractivity (Wildman–Crippen MR) is 402 cm³/mol. The van der Waals surface area contributed by atoms with E-state index in [1.165, 1.54) is 306 Å². The summed E-state index contributed by atoms with van der Waals surface area (Å²) in [6, 6.07) is 0. The first-order chi connectivity index (χ1) is 39.4. The van der Waals surface area contributed by atoms with Crippen molar-refractivity contribution in [2.24, 2.45) is 47.3 Å². The monoisotopic (exact) mass is 1260 g/mol. The number of nitrogens with zero attached hydrogens (tertiary/aromatic N) is 2.